The van der Waals surface area contributed by atoms with Crippen LogP contribution in [0.5, 0.6) is 0 Å². The number of benzene rings is 8. The Kier molecular flexibility index (Phi) is 12.7. The molecule has 11 rings (SSSR count). The number of para-hydroxylation sites is 1. The van der Waals surface area contributed by atoms with Crippen LogP contribution in [0.4, 0.5) is 5.69 Å². The number of nitrogens with zero attached hydrogens (tertiary/aromatic N) is 6. The van der Waals surface area contributed by atoms with E-state index >= 15 is 0 Å². The molecule has 6 nitrogen and oxygen atoms in total. The minimum Gasteiger partial charge on any atom is -0.338 e. The molecule has 0 saturated carbocycles. The minimum atomic E-state index is 0. The topological polar surface area (TPSA) is 55.8 Å². The second-order valence-corrected chi connectivity index (χ2v) is 20.2. The van der Waals surface area contributed by atoms with E-state index in [4.69, 9.17) is 11.6 Å². The van der Waals surface area contributed by atoms with Crippen LogP contribution < -0.4 is 0 Å². The smallest absolute Gasteiger partial charge is 0.148 e. The number of imidazole rings is 1. The quantitative estimate of drug-likeness (QED) is 0.128. The first kappa shape index (κ1) is 47.9. The summed E-state index contributed by atoms with van der Waals surface area (Å²) in [5.41, 5.74) is 19.0. The average Bonchev–Trinajstić information content (AvgIpc) is 4.08. The van der Waals surface area contributed by atoms with Gasteiger partial charge >= 0.3 is 0 Å². The first-order chi connectivity index (χ1) is 34.4. The SMILES string of the molecule is [C-]#[N+]c1cc[c-]c(-c2nc(C#N)cn2-c2c(C(C)C)cc(-c3ccc4c(c3)c3cc(-c5ccc6c(c5)c5ccccc5n6-c5ccc(C(C)C)cc5)ccc3n4-c3ccc(C(C)C)cc3)cc2C(C)C)c1.[Ir]. The summed E-state index contributed by atoms with van der Waals surface area (Å²) in [6.07, 6.45) is 1.83. The van der Waals surface area contributed by atoms with Crippen molar-refractivity contribution in [3.63, 3.8) is 0 Å². The molecule has 3 heterocycles. The number of rotatable bonds is 10. The van der Waals surface area contributed by atoms with Gasteiger partial charge in [0.15, 0.2) is 0 Å². The molecule has 0 aliphatic heterocycles. The van der Waals surface area contributed by atoms with Crippen molar-refractivity contribution in [1.82, 2.24) is 18.7 Å². The Morgan fingerprint density at radius 2 is 1.00 bits per heavy atom. The van der Waals surface area contributed by atoms with Crippen LogP contribution in [0, 0.1) is 24.0 Å². The van der Waals surface area contributed by atoms with Crippen LogP contribution in [0.3, 0.4) is 0 Å². The average molecular weight is 1110 g/mol. The van der Waals surface area contributed by atoms with Crippen molar-refractivity contribution < 1.29 is 20.1 Å². The van der Waals surface area contributed by atoms with Crippen molar-refractivity contribution in [3.8, 4) is 56.8 Å². The molecule has 355 valence electrons. The van der Waals surface area contributed by atoms with E-state index in [0.717, 1.165) is 55.9 Å². The molecule has 0 saturated heterocycles. The summed E-state index contributed by atoms with van der Waals surface area (Å²) in [6, 6.07) is 63.2. The van der Waals surface area contributed by atoms with Crippen molar-refractivity contribution in [2.45, 2.75) is 79.1 Å². The van der Waals surface area contributed by atoms with E-state index in [1.54, 1.807) is 18.2 Å². The fourth-order valence-corrected chi connectivity index (χ4v) is 10.6. The maximum absolute atomic E-state index is 10.1. The van der Waals surface area contributed by atoms with E-state index in [1.165, 1.54) is 49.3 Å². The van der Waals surface area contributed by atoms with E-state index in [-0.39, 0.29) is 31.9 Å². The summed E-state index contributed by atoms with van der Waals surface area (Å²) < 4.78 is 6.86. The van der Waals surface area contributed by atoms with E-state index in [1.807, 2.05) is 6.20 Å². The van der Waals surface area contributed by atoms with Crippen molar-refractivity contribution in [2.75, 3.05) is 0 Å². The zero-order chi connectivity index (χ0) is 49.2. The zero-order valence-electron chi connectivity index (χ0n) is 41.9. The summed E-state index contributed by atoms with van der Waals surface area (Å²) in [7, 11) is 0. The fourth-order valence-electron chi connectivity index (χ4n) is 10.6. The fraction of sp³-hybridized carbons (Fsp3) is 0.185. The van der Waals surface area contributed by atoms with Gasteiger partial charge in [-0.3, -0.25) is 9.83 Å². The van der Waals surface area contributed by atoms with Gasteiger partial charge in [0.2, 0.25) is 0 Å². The molecule has 8 aromatic carbocycles. The second kappa shape index (κ2) is 19.1. The summed E-state index contributed by atoms with van der Waals surface area (Å²) >= 11 is 0. The maximum Gasteiger partial charge on any atom is 0.148 e. The predicted molar refractivity (Wildman–Crippen MR) is 295 cm³/mol. The maximum atomic E-state index is 10.1. The normalized spacial score (nSPS) is 11.7. The Balaban J connectivity index is 0.00000596. The molecular formula is C65H55IrN6-. The third-order valence-electron chi connectivity index (χ3n) is 14.4. The van der Waals surface area contributed by atoms with Crippen LogP contribution in [0.15, 0.2) is 164 Å². The van der Waals surface area contributed by atoms with E-state index in [0.29, 0.717) is 34.6 Å². The second-order valence-electron chi connectivity index (χ2n) is 20.2. The Morgan fingerprint density at radius 1 is 0.528 bits per heavy atom. The van der Waals surface area contributed by atoms with Gasteiger partial charge in [-0.05, 0) is 147 Å². The third kappa shape index (κ3) is 8.23. The van der Waals surface area contributed by atoms with Crippen molar-refractivity contribution in [2.24, 2.45) is 0 Å². The predicted octanol–water partition coefficient (Wildman–Crippen LogP) is 17.8. The number of aromatic nitrogens is 4. The Morgan fingerprint density at radius 3 is 1.47 bits per heavy atom. The van der Waals surface area contributed by atoms with Gasteiger partial charge < -0.3 is 13.7 Å². The molecule has 7 heteroatoms. The Labute approximate surface area is 436 Å². The van der Waals surface area contributed by atoms with Crippen LogP contribution in [0.2, 0.25) is 0 Å². The van der Waals surface area contributed by atoms with Gasteiger partial charge in [-0.15, -0.1) is 23.8 Å². The summed E-state index contributed by atoms with van der Waals surface area (Å²) in [5, 5.41) is 15.0. The summed E-state index contributed by atoms with van der Waals surface area (Å²) in [5.74, 6) is 1.78. The first-order valence-electron chi connectivity index (χ1n) is 24.8. The Bertz CT molecular complexity index is 3930. The number of fused-ring (bicyclic) bond motifs is 6. The van der Waals surface area contributed by atoms with Gasteiger partial charge in [-0.1, -0.05) is 116 Å². The molecule has 0 fully saturated rings. The van der Waals surface area contributed by atoms with Crippen molar-refractivity contribution in [1.29, 1.82) is 5.26 Å². The molecule has 0 bridgehead atoms. The molecule has 3 aromatic heterocycles. The number of hydrogen-bond acceptors (Lipinski definition) is 2. The van der Waals surface area contributed by atoms with Gasteiger partial charge in [0.05, 0.1) is 34.5 Å². The monoisotopic (exact) mass is 1110 g/mol. The van der Waals surface area contributed by atoms with Crippen molar-refractivity contribution in [3.05, 3.63) is 209 Å². The zero-order valence-corrected chi connectivity index (χ0v) is 44.3. The van der Waals surface area contributed by atoms with Gasteiger partial charge in [0.25, 0.3) is 0 Å². The summed E-state index contributed by atoms with van der Waals surface area (Å²) in [4.78, 5) is 8.45. The minimum absolute atomic E-state index is 0. The molecule has 72 heavy (non-hydrogen) atoms. The van der Waals surface area contributed by atoms with Crippen LogP contribution in [-0.2, 0) is 20.1 Å². The third-order valence-corrected chi connectivity index (χ3v) is 14.4. The molecule has 0 atom stereocenters. The number of hydrogen-bond donors (Lipinski definition) is 0. The van der Waals surface area contributed by atoms with E-state index in [2.05, 4.69) is 226 Å². The summed E-state index contributed by atoms with van der Waals surface area (Å²) in [6.45, 7) is 25.5. The van der Waals surface area contributed by atoms with Crippen LogP contribution in [0.1, 0.15) is 107 Å². The number of nitriles is 1. The molecule has 1 radical (unpaired) electrons. The van der Waals surface area contributed by atoms with E-state index < -0.39 is 0 Å². The van der Waals surface area contributed by atoms with Gasteiger partial charge in [0, 0.05) is 64.9 Å². The van der Waals surface area contributed by atoms with Crippen LogP contribution in [-0.4, -0.2) is 18.7 Å². The molecule has 0 aliphatic carbocycles. The van der Waals surface area contributed by atoms with Crippen LogP contribution in [0.25, 0.3) is 99.2 Å². The molecule has 0 amide bonds. The van der Waals surface area contributed by atoms with E-state index in [9.17, 15) is 5.26 Å². The molecular weight excluding hydrogens is 1060 g/mol. The van der Waals surface area contributed by atoms with Crippen molar-refractivity contribution >= 4 is 49.3 Å². The molecule has 0 unspecified atom stereocenters. The molecule has 0 aliphatic rings. The molecule has 0 N–H and O–H groups in total. The van der Waals surface area contributed by atoms with Gasteiger partial charge in [-0.25, -0.2) is 0 Å². The van der Waals surface area contributed by atoms with Gasteiger partial charge in [-0.2, -0.15) is 11.3 Å². The van der Waals surface area contributed by atoms with Gasteiger partial charge in [0.1, 0.15) is 17.5 Å². The van der Waals surface area contributed by atoms with Crippen LogP contribution >= 0.6 is 0 Å². The molecule has 0 spiro atoms. The standard InChI is InChI=1S/C65H55N6.Ir/c1-39(2)43-17-24-52(25-18-43)70-60-16-11-10-15-54(60)57-32-45(21-28-61(57)70)46-22-29-62-58(33-46)59-34-47(23-30-63(59)71(62)53-26-19-44(20-27-53)40(3)4)49-35-55(41(5)6)64(56(36-49)42(7)8)69-38-51(37-66)68-65(69)48-13-12-14-50(31-48)67-9;/h10-12,14-36,38-42H,1-8H3;/q-1;. The largest absolute Gasteiger partial charge is 0.338 e. The molecule has 11 aromatic rings. The first-order valence-corrected chi connectivity index (χ1v) is 24.8. The Hall–Kier alpha value is -7.80.